The van der Waals surface area contributed by atoms with E-state index in [1.165, 1.54) is 13.2 Å². The van der Waals surface area contributed by atoms with Gasteiger partial charge in [-0.2, -0.15) is 0 Å². The number of hydrogen-bond donors (Lipinski definition) is 0. The number of hydrogen-bond acceptors (Lipinski definition) is 3. The fraction of sp³-hybridized carbons (Fsp3) is 0.538. The molecule has 0 radical (unpaired) electrons. The number of rotatable bonds is 2. The number of benzene rings is 1. The zero-order valence-corrected chi connectivity index (χ0v) is 12.5. The Hall–Kier alpha value is -0.775. The van der Waals surface area contributed by atoms with Gasteiger partial charge in [-0.05, 0) is 33.8 Å². The molecule has 1 saturated heterocycles. The van der Waals surface area contributed by atoms with E-state index in [2.05, 4.69) is 0 Å². The lowest BCUT2D eigenvalue weighted by atomic mass is 9.78. The van der Waals surface area contributed by atoms with Gasteiger partial charge in [0.1, 0.15) is 0 Å². The Kier molecular flexibility index (Phi) is 3.58. The monoisotopic (exact) mass is 286 g/mol. The molecule has 104 valence electrons. The minimum absolute atomic E-state index is 0.0112. The first kappa shape index (κ1) is 14.6. The molecule has 6 heteroatoms. The highest BCUT2D eigenvalue weighted by Crippen LogP contribution is 2.37. The van der Waals surface area contributed by atoms with Gasteiger partial charge in [0.25, 0.3) is 0 Å². The van der Waals surface area contributed by atoms with Crippen LogP contribution in [0, 0.1) is 5.82 Å². The molecule has 0 amide bonds. The summed E-state index contributed by atoms with van der Waals surface area (Å²) in [5, 5.41) is 0.0112. The Morgan fingerprint density at radius 2 is 1.68 bits per heavy atom. The summed E-state index contributed by atoms with van der Waals surface area (Å²) in [7, 11) is 0.718. The second kappa shape index (κ2) is 4.65. The van der Waals surface area contributed by atoms with Crippen molar-refractivity contribution in [1.82, 2.24) is 0 Å². The highest BCUT2D eigenvalue weighted by molar-refractivity contribution is 6.63. The Morgan fingerprint density at radius 3 is 2.16 bits per heavy atom. The van der Waals surface area contributed by atoms with Crippen molar-refractivity contribution in [2.24, 2.45) is 0 Å². The van der Waals surface area contributed by atoms with Crippen LogP contribution in [0.5, 0.6) is 5.75 Å². The van der Waals surface area contributed by atoms with Crippen LogP contribution in [0.3, 0.4) is 0 Å². The lowest BCUT2D eigenvalue weighted by Gasteiger charge is -2.32. The van der Waals surface area contributed by atoms with Crippen molar-refractivity contribution in [1.29, 1.82) is 0 Å². The lowest BCUT2D eigenvalue weighted by molar-refractivity contribution is 0.00578. The summed E-state index contributed by atoms with van der Waals surface area (Å²) in [6.07, 6.45) is 0. The molecule has 3 nitrogen and oxygen atoms in total. The molecule has 0 saturated carbocycles. The van der Waals surface area contributed by atoms with Gasteiger partial charge >= 0.3 is 7.12 Å². The largest absolute Gasteiger partial charge is 0.498 e. The first-order chi connectivity index (χ1) is 8.69. The Morgan fingerprint density at radius 1 is 1.16 bits per heavy atom. The summed E-state index contributed by atoms with van der Waals surface area (Å²) in [4.78, 5) is 0. The van der Waals surface area contributed by atoms with E-state index in [0.29, 0.717) is 5.46 Å². The van der Waals surface area contributed by atoms with Gasteiger partial charge in [-0.25, -0.2) is 4.39 Å². The maximum atomic E-state index is 13.9. The summed E-state index contributed by atoms with van der Waals surface area (Å²) in [5.74, 6) is -0.539. The van der Waals surface area contributed by atoms with Crippen molar-refractivity contribution in [3.05, 3.63) is 23.0 Å². The standard InChI is InChI=1S/C13H17BClFO3/c1-12(2)13(3,4)19-14(18-12)8-6-7-9(15)10(16)11(8)17-5/h6-7H,1-5H3. The summed E-state index contributed by atoms with van der Waals surface area (Å²) < 4.78 is 30.8. The number of ether oxygens (including phenoxy) is 1. The van der Waals surface area contributed by atoms with E-state index >= 15 is 0 Å². The Balaban J connectivity index is 2.43. The molecule has 1 aliphatic heterocycles. The van der Waals surface area contributed by atoms with E-state index in [0.717, 1.165) is 0 Å². The van der Waals surface area contributed by atoms with E-state index in [9.17, 15) is 4.39 Å². The van der Waals surface area contributed by atoms with Crippen molar-refractivity contribution in [2.75, 3.05) is 7.11 Å². The van der Waals surface area contributed by atoms with Crippen LogP contribution in [0.2, 0.25) is 5.02 Å². The minimum Gasteiger partial charge on any atom is -0.494 e. The van der Waals surface area contributed by atoms with Crippen molar-refractivity contribution in [3.8, 4) is 5.75 Å². The van der Waals surface area contributed by atoms with E-state index in [1.807, 2.05) is 27.7 Å². The SMILES string of the molecule is COc1c(B2OC(C)(C)C(C)(C)O2)ccc(Cl)c1F. The van der Waals surface area contributed by atoms with Gasteiger partial charge in [0.05, 0.1) is 23.3 Å². The third kappa shape index (κ3) is 2.35. The van der Waals surface area contributed by atoms with Crippen molar-refractivity contribution < 1.29 is 18.4 Å². The second-order valence-electron chi connectivity index (χ2n) is 5.57. The summed E-state index contributed by atoms with van der Waals surface area (Å²) in [6.45, 7) is 7.75. The van der Waals surface area contributed by atoms with E-state index in [1.54, 1.807) is 6.07 Å². The van der Waals surface area contributed by atoms with Crippen LogP contribution in [0.15, 0.2) is 12.1 Å². The molecule has 0 aromatic heterocycles. The number of halogens is 2. The molecular weight excluding hydrogens is 269 g/mol. The van der Waals surface area contributed by atoms with Gasteiger partial charge in [0.2, 0.25) is 0 Å². The normalized spacial score (nSPS) is 20.7. The average molecular weight is 287 g/mol. The molecule has 0 N–H and O–H groups in total. The molecule has 0 unspecified atom stereocenters. The quantitative estimate of drug-likeness (QED) is 0.783. The van der Waals surface area contributed by atoms with Crippen LogP contribution in [0.4, 0.5) is 4.39 Å². The number of methoxy groups -OCH3 is 1. The predicted molar refractivity (Wildman–Crippen MR) is 73.7 cm³/mol. The van der Waals surface area contributed by atoms with E-state index in [4.69, 9.17) is 25.6 Å². The van der Waals surface area contributed by atoms with Gasteiger partial charge in [-0.15, -0.1) is 0 Å². The van der Waals surface area contributed by atoms with Crippen LogP contribution >= 0.6 is 11.6 Å². The molecule has 2 rings (SSSR count). The molecule has 0 aliphatic carbocycles. The average Bonchev–Trinajstić information content (AvgIpc) is 2.51. The zero-order valence-electron chi connectivity index (χ0n) is 11.7. The fourth-order valence-electron chi connectivity index (χ4n) is 1.91. The molecule has 0 atom stereocenters. The van der Waals surface area contributed by atoms with Crippen LogP contribution in [0.25, 0.3) is 0 Å². The molecule has 1 aromatic rings. The van der Waals surface area contributed by atoms with Gasteiger partial charge in [-0.3, -0.25) is 0 Å². The molecule has 0 spiro atoms. The molecule has 19 heavy (non-hydrogen) atoms. The third-order valence-electron chi connectivity index (χ3n) is 3.79. The van der Waals surface area contributed by atoms with Crippen molar-refractivity contribution in [2.45, 2.75) is 38.9 Å². The van der Waals surface area contributed by atoms with Crippen LogP contribution < -0.4 is 10.2 Å². The van der Waals surface area contributed by atoms with Gasteiger partial charge in [-0.1, -0.05) is 17.7 Å². The maximum absolute atomic E-state index is 13.9. The molecule has 0 bridgehead atoms. The van der Waals surface area contributed by atoms with Crippen molar-refractivity contribution in [3.63, 3.8) is 0 Å². The van der Waals surface area contributed by atoms with E-state index < -0.39 is 24.1 Å². The maximum Gasteiger partial charge on any atom is 0.498 e. The molecule has 1 fully saturated rings. The highest BCUT2D eigenvalue weighted by Gasteiger charge is 2.52. The Labute approximate surface area is 118 Å². The minimum atomic E-state index is -0.674. The molecule has 1 aromatic carbocycles. The lowest BCUT2D eigenvalue weighted by Crippen LogP contribution is -2.41. The smallest absolute Gasteiger partial charge is 0.494 e. The predicted octanol–water partition coefficient (Wildman–Crippen LogP) is 2.79. The van der Waals surface area contributed by atoms with Crippen molar-refractivity contribution >= 4 is 24.2 Å². The first-order valence-corrected chi connectivity index (χ1v) is 6.45. The molecule has 1 heterocycles. The van der Waals surface area contributed by atoms with Crippen LogP contribution in [0.1, 0.15) is 27.7 Å². The topological polar surface area (TPSA) is 27.7 Å². The second-order valence-corrected chi connectivity index (χ2v) is 5.98. The van der Waals surface area contributed by atoms with E-state index in [-0.39, 0.29) is 10.8 Å². The van der Waals surface area contributed by atoms with Crippen LogP contribution in [-0.4, -0.2) is 25.4 Å². The van der Waals surface area contributed by atoms with Crippen LogP contribution in [-0.2, 0) is 9.31 Å². The van der Waals surface area contributed by atoms with Gasteiger partial charge in [0, 0.05) is 5.46 Å². The molecular formula is C13H17BClFO3. The summed E-state index contributed by atoms with van der Waals surface area (Å²) in [6, 6.07) is 3.13. The summed E-state index contributed by atoms with van der Waals surface area (Å²) in [5.41, 5.74) is -0.472. The zero-order chi connectivity index (χ0) is 14.4. The van der Waals surface area contributed by atoms with Gasteiger partial charge in [0.15, 0.2) is 11.6 Å². The third-order valence-corrected chi connectivity index (χ3v) is 4.08. The summed E-state index contributed by atoms with van der Waals surface area (Å²) >= 11 is 5.75. The first-order valence-electron chi connectivity index (χ1n) is 6.07. The van der Waals surface area contributed by atoms with Gasteiger partial charge < -0.3 is 14.0 Å². The fourth-order valence-corrected chi connectivity index (χ4v) is 2.06. The Bertz CT molecular complexity index is 489. The highest BCUT2D eigenvalue weighted by atomic mass is 35.5. The molecule has 1 aliphatic rings.